The maximum atomic E-state index is 12.2. The summed E-state index contributed by atoms with van der Waals surface area (Å²) < 4.78 is 0. The van der Waals surface area contributed by atoms with E-state index in [2.05, 4.69) is 4.98 Å². The highest BCUT2D eigenvalue weighted by Gasteiger charge is 2.26. The van der Waals surface area contributed by atoms with E-state index in [1.54, 1.807) is 24.5 Å². The number of piperidine rings is 1. The summed E-state index contributed by atoms with van der Waals surface area (Å²) in [5.74, 6) is 0.574. The summed E-state index contributed by atoms with van der Waals surface area (Å²) in [6.07, 6.45) is 6.53. The number of pyridine rings is 1. The van der Waals surface area contributed by atoms with Gasteiger partial charge in [-0.3, -0.25) is 9.78 Å². The molecule has 16 heavy (non-hydrogen) atoms. The van der Waals surface area contributed by atoms with Gasteiger partial charge < -0.3 is 4.90 Å². The van der Waals surface area contributed by atoms with Crippen LogP contribution in [0.15, 0.2) is 24.5 Å². The third-order valence-electron chi connectivity index (χ3n) is 2.97. The molecule has 2 heterocycles. The molecule has 1 aliphatic rings. The summed E-state index contributed by atoms with van der Waals surface area (Å²) in [7, 11) is 0. The Hall–Kier alpha value is -1.09. The first-order valence-electron chi connectivity index (χ1n) is 5.60. The van der Waals surface area contributed by atoms with Gasteiger partial charge in [-0.15, -0.1) is 11.6 Å². The molecule has 2 rings (SSSR count). The van der Waals surface area contributed by atoms with Crippen molar-refractivity contribution in [2.75, 3.05) is 12.4 Å². The van der Waals surface area contributed by atoms with Gasteiger partial charge in [0.05, 0.1) is 5.56 Å². The molecule has 1 aromatic rings. The Labute approximate surface area is 100 Å². The molecule has 4 heteroatoms. The highest BCUT2D eigenvalue weighted by molar-refractivity contribution is 6.18. The van der Waals surface area contributed by atoms with E-state index in [1.807, 2.05) is 4.90 Å². The fourth-order valence-electron chi connectivity index (χ4n) is 2.08. The number of rotatable bonds is 2. The van der Waals surface area contributed by atoms with Gasteiger partial charge >= 0.3 is 0 Å². The summed E-state index contributed by atoms with van der Waals surface area (Å²) in [5, 5.41) is 0. The molecular formula is C12H15ClN2O. The van der Waals surface area contributed by atoms with Crippen molar-refractivity contribution in [1.29, 1.82) is 0 Å². The topological polar surface area (TPSA) is 33.2 Å². The molecule has 0 saturated carbocycles. The molecule has 1 aromatic heterocycles. The quantitative estimate of drug-likeness (QED) is 0.741. The summed E-state index contributed by atoms with van der Waals surface area (Å²) in [4.78, 5) is 18.0. The molecule has 3 nitrogen and oxygen atoms in total. The summed E-state index contributed by atoms with van der Waals surface area (Å²) in [5.41, 5.74) is 0.652. The number of carbonyl (C=O) groups is 1. The second kappa shape index (κ2) is 5.30. The van der Waals surface area contributed by atoms with Crippen molar-refractivity contribution in [3.63, 3.8) is 0 Å². The van der Waals surface area contributed by atoms with Crippen molar-refractivity contribution in [3.05, 3.63) is 30.1 Å². The number of likely N-dealkylation sites (tertiary alicyclic amines) is 1. The monoisotopic (exact) mass is 238 g/mol. The Morgan fingerprint density at radius 1 is 1.56 bits per heavy atom. The second-order valence-electron chi connectivity index (χ2n) is 4.04. The fourth-order valence-corrected chi connectivity index (χ4v) is 2.40. The normalized spacial score (nSPS) is 20.8. The van der Waals surface area contributed by atoms with E-state index in [0.29, 0.717) is 11.4 Å². The van der Waals surface area contributed by atoms with Crippen molar-refractivity contribution in [1.82, 2.24) is 9.88 Å². The minimum atomic E-state index is 0.0541. The predicted molar refractivity (Wildman–Crippen MR) is 63.6 cm³/mol. The van der Waals surface area contributed by atoms with Gasteiger partial charge in [0, 0.05) is 30.9 Å². The first-order valence-corrected chi connectivity index (χ1v) is 6.13. The molecule has 0 aromatic carbocycles. The molecule has 0 N–H and O–H groups in total. The van der Waals surface area contributed by atoms with Crippen LogP contribution in [-0.4, -0.2) is 34.3 Å². The average Bonchev–Trinajstić information content (AvgIpc) is 2.39. The standard InChI is InChI=1S/C12H15ClN2O/c13-8-11-5-1-2-7-15(11)12(16)10-4-3-6-14-9-10/h3-4,6,9,11H,1-2,5,7-8H2. The molecule has 0 spiro atoms. The van der Waals surface area contributed by atoms with Gasteiger partial charge in [-0.25, -0.2) is 0 Å². The van der Waals surface area contributed by atoms with Crippen molar-refractivity contribution in [3.8, 4) is 0 Å². The summed E-state index contributed by atoms with van der Waals surface area (Å²) in [6.45, 7) is 0.811. The lowest BCUT2D eigenvalue weighted by atomic mass is 10.0. The van der Waals surface area contributed by atoms with Gasteiger partial charge in [0.15, 0.2) is 0 Å². The molecule has 0 bridgehead atoms. The Morgan fingerprint density at radius 2 is 2.44 bits per heavy atom. The number of aromatic nitrogens is 1. The lowest BCUT2D eigenvalue weighted by Gasteiger charge is -2.34. The lowest BCUT2D eigenvalue weighted by molar-refractivity contribution is 0.0638. The van der Waals surface area contributed by atoms with Crippen LogP contribution in [-0.2, 0) is 0 Å². The lowest BCUT2D eigenvalue weighted by Crippen LogP contribution is -2.44. The Balaban J connectivity index is 2.14. The van der Waals surface area contributed by atoms with Gasteiger partial charge in [-0.2, -0.15) is 0 Å². The minimum absolute atomic E-state index is 0.0541. The first kappa shape index (κ1) is 11.4. The largest absolute Gasteiger partial charge is 0.334 e. The minimum Gasteiger partial charge on any atom is -0.334 e. The maximum absolute atomic E-state index is 12.2. The van der Waals surface area contributed by atoms with Gasteiger partial charge in [-0.1, -0.05) is 0 Å². The molecule has 1 fully saturated rings. The van der Waals surface area contributed by atoms with E-state index in [1.165, 1.54) is 0 Å². The Kier molecular flexibility index (Phi) is 3.78. The molecule has 1 amide bonds. The summed E-state index contributed by atoms with van der Waals surface area (Å²) in [6, 6.07) is 3.77. The predicted octanol–water partition coefficient (Wildman–Crippen LogP) is 2.32. The molecular weight excluding hydrogens is 224 g/mol. The van der Waals surface area contributed by atoms with Crippen molar-refractivity contribution in [2.45, 2.75) is 25.3 Å². The highest BCUT2D eigenvalue weighted by atomic mass is 35.5. The Morgan fingerprint density at radius 3 is 3.12 bits per heavy atom. The van der Waals surface area contributed by atoms with Gasteiger partial charge in [0.25, 0.3) is 5.91 Å². The molecule has 1 saturated heterocycles. The summed E-state index contributed by atoms with van der Waals surface area (Å²) >= 11 is 5.90. The van der Waals surface area contributed by atoms with Crippen molar-refractivity contribution in [2.24, 2.45) is 0 Å². The molecule has 86 valence electrons. The van der Waals surface area contributed by atoms with Gasteiger partial charge in [0.2, 0.25) is 0 Å². The van der Waals surface area contributed by atoms with Crippen LogP contribution in [0.4, 0.5) is 0 Å². The number of hydrogen-bond acceptors (Lipinski definition) is 2. The van der Waals surface area contributed by atoms with Crippen molar-refractivity contribution < 1.29 is 4.79 Å². The third-order valence-corrected chi connectivity index (χ3v) is 3.33. The molecule has 1 aliphatic heterocycles. The number of halogens is 1. The second-order valence-corrected chi connectivity index (χ2v) is 4.35. The number of alkyl halides is 1. The van der Waals surface area contributed by atoms with E-state index in [9.17, 15) is 4.79 Å². The van der Waals surface area contributed by atoms with Crippen LogP contribution in [0, 0.1) is 0 Å². The fraction of sp³-hybridized carbons (Fsp3) is 0.500. The molecule has 1 unspecified atom stereocenters. The number of amides is 1. The zero-order valence-corrected chi connectivity index (χ0v) is 9.86. The number of nitrogens with zero attached hydrogens (tertiary/aromatic N) is 2. The van der Waals surface area contributed by atoms with E-state index in [-0.39, 0.29) is 11.9 Å². The van der Waals surface area contributed by atoms with E-state index < -0.39 is 0 Å². The smallest absolute Gasteiger partial charge is 0.255 e. The zero-order valence-electron chi connectivity index (χ0n) is 9.10. The van der Waals surface area contributed by atoms with Crippen LogP contribution in [0.1, 0.15) is 29.6 Å². The average molecular weight is 239 g/mol. The van der Waals surface area contributed by atoms with Crippen LogP contribution in [0.25, 0.3) is 0 Å². The van der Waals surface area contributed by atoms with Gasteiger partial charge in [0.1, 0.15) is 0 Å². The van der Waals surface area contributed by atoms with Crippen LogP contribution in [0.5, 0.6) is 0 Å². The number of hydrogen-bond donors (Lipinski definition) is 0. The van der Waals surface area contributed by atoms with Gasteiger partial charge in [-0.05, 0) is 31.4 Å². The highest BCUT2D eigenvalue weighted by Crippen LogP contribution is 2.20. The van der Waals surface area contributed by atoms with Crippen LogP contribution < -0.4 is 0 Å². The first-order chi connectivity index (χ1) is 7.83. The third kappa shape index (κ3) is 2.35. The maximum Gasteiger partial charge on any atom is 0.255 e. The van der Waals surface area contributed by atoms with Crippen molar-refractivity contribution >= 4 is 17.5 Å². The van der Waals surface area contributed by atoms with E-state index in [0.717, 1.165) is 25.8 Å². The molecule has 1 atom stereocenters. The van der Waals surface area contributed by atoms with Crippen LogP contribution in [0.3, 0.4) is 0 Å². The Bertz CT molecular complexity index is 355. The molecule has 0 radical (unpaired) electrons. The van der Waals surface area contributed by atoms with Crippen LogP contribution >= 0.6 is 11.6 Å². The van der Waals surface area contributed by atoms with E-state index in [4.69, 9.17) is 11.6 Å². The molecule has 0 aliphatic carbocycles. The van der Waals surface area contributed by atoms with Crippen LogP contribution in [0.2, 0.25) is 0 Å². The number of carbonyl (C=O) groups excluding carboxylic acids is 1. The SMILES string of the molecule is O=C(c1cccnc1)N1CCCCC1CCl. The van der Waals surface area contributed by atoms with E-state index >= 15 is 0 Å². The zero-order chi connectivity index (χ0) is 11.4.